The van der Waals surface area contributed by atoms with Gasteiger partial charge in [-0.2, -0.15) is 0 Å². The lowest BCUT2D eigenvalue weighted by Gasteiger charge is -2.34. The number of hydrogen-bond donors (Lipinski definition) is 3. The quantitative estimate of drug-likeness (QED) is 0.524. The molecule has 3 fully saturated rings. The fraction of sp³-hybridized carbons (Fsp3) is 0.609. The highest BCUT2D eigenvalue weighted by Crippen LogP contribution is 2.71. The summed E-state index contributed by atoms with van der Waals surface area (Å²) in [7, 11) is 1.61. The van der Waals surface area contributed by atoms with E-state index in [1.165, 1.54) is 0 Å². The topological polar surface area (TPSA) is 98.7 Å². The second-order valence-corrected chi connectivity index (χ2v) is 10.9. The van der Waals surface area contributed by atoms with Gasteiger partial charge < -0.3 is 20.6 Å². The summed E-state index contributed by atoms with van der Waals surface area (Å²) in [5.74, 6) is -1.29. The molecule has 1 aromatic rings. The van der Waals surface area contributed by atoms with Crippen LogP contribution in [0.15, 0.2) is 30.3 Å². The van der Waals surface area contributed by atoms with Gasteiger partial charge >= 0.3 is 0 Å². The summed E-state index contributed by atoms with van der Waals surface area (Å²) in [5, 5.41) is 15.0. The lowest BCUT2D eigenvalue weighted by Crippen LogP contribution is -2.53. The predicted octanol–water partition coefficient (Wildman–Crippen LogP) is 1.30. The van der Waals surface area contributed by atoms with E-state index >= 15 is 0 Å². The van der Waals surface area contributed by atoms with Crippen LogP contribution in [0.5, 0.6) is 0 Å². The van der Waals surface area contributed by atoms with Crippen LogP contribution in [0, 0.1) is 11.8 Å². The molecule has 0 aromatic heterocycles. The molecule has 3 amide bonds. The van der Waals surface area contributed by atoms with Crippen molar-refractivity contribution in [1.82, 2.24) is 15.5 Å². The summed E-state index contributed by atoms with van der Waals surface area (Å²) in [6.45, 7) is 2.93. The summed E-state index contributed by atoms with van der Waals surface area (Å²) in [4.78, 5) is 41.6. The van der Waals surface area contributed by atoms with Gasteiger partial charge in [0.15, 0.2) is 0 Å². The Morgan fingerprint density at radius 2 is 1.94 bits per heavy atom. The van der Waals surface area contributed by atoms with E-state index in [9.17, 15) is 19.5 Å². The molecule has 0 saturated carbocycles. The van der Waals surface area contributed by atoms with Crippen LogP contribution < -0.4 is 10.6 Å². The van der Waals surface area contributed by atoms with Gasteiger partial charge in [-0.1, -0.05) is 30.3 Å². The molecule has 168 valence electrons. The van der Waals surface area contributed by atoms with Crippen molar-refractivity contribution in [1.29, 1.82) is 0 Å². The van der Waals surface area contributed by atoms with E-state index in [2.05, 4.69) is 17.6 Å². The minimum Gasteiger partial charge on any atom is -0.396 e. The molecule has 3 heterocycles. The fourth-order valence-corrected chi connectivity index (χ4v) is 8.16. The number of rotatable bonds is 8. The van der Waals surface area contributed by atoms with Gasteiger partial charge in [0.05, 0.1) is 16.6 Å². The molecule has 0 radical (unpaired) electrons. The number of carbonyl (C=O) groups excluding carboxylic acids is 3. The van der Waals surface area contributed by atoms with Crippen molar-refractivity contribution in [2.45, 2.75) is 54.7 Å². The van der Waals surface area contributed by atoms with Crippen LogP contribution in [-0.4, -0.2) is 63.5 Å². The van der Waals surface area contributed by atoms with Crippen molar-refractivity contribution >= 4 is 29.5 Å². The lowest BCUT2D eigenvalue weighted by atomic mass is 9.66. The number of carbonyl (C=O) groups is 3. The number of hydrogen-bond acceptors (Lipinski definition) is 5. The van der Waals surface area contributed by atoms with E-state index in [0.717, 1.165) is 18.4 Å². The highest BCUT2D eigenvalue weighted by Gasteiger charge is 2.76. The van der Waals surface area contributed by atoms with Gasteiger partial charge in [-0.3, -0.25) is 14.4 Å². The van der Waals surface area contributed by atoms with Crippen molar-refractivity contribution in [3.05, 3.63) is 35.9 Å². The van der Waals surface area contributed by atoms with Crippen LogP contribution in [-0.2, 0) is 20.9 Å². The average Bonchev–Trinajstić information content (AvgIpc) is 3.33. The number of aliphatic hydroxyl groups excluding tert-OH is 1. The van der Waals surface area contributed by atoms with E-state index in [1.807, 2.05) is 30.3 Å². The molecule has 5 atom stereocenters. The number of nitrogens with zero attached hydrogens (tertiary/aromatic N) is 1. The summed E-state index contributed by atoms with van der Waals surface area (Å²) in [6.07, 6.45) is 2.76. The van der Waals surface area contributed by atoms with E-state index in [0.29, 0.717) is 25.9 Å². The van der Waals surface area contributed by atoms with Crippen LogP contribution in [0.4, 0.5) is 0 Å². The Morgan fingerprint density at radius 1 is 1.19 bits per heavy atom. The van der Waals surface area contributed by atoms with Crippen molar-refractivity contribution in [3.8, 4) is 0 Å². The first-order valence-corrected chi connectivity index (χ1v) is 11.8. The van der Waals surface area contributed by atoms with E-state index < -0.39 is 22.6 Å². The Kier molecular flexibility index (Phi) is 6.05. The van der Waals surface area contributed by atoms with Gasteiger partial charge in [0.25, 0.3) is 0 Å². The average molecular weight is 446 g/mol. The minimum atomic E-state index is -0.603. The standard InChI is InChI=1S/C23H31N3O4S/c1-22-10-11-23(31-22)17(16(22)19(28)24-2)21(30)26(12-6-7-13-27)18(23)20(29)25-14-15-8-4-3-5-9-15/h3-5,8-9,16-18,27H,6-7,10-14H2,1-2H3,(H,24,28)(H,25,29)/t16-,17+,18?,22+,23?/m1/s1. The molecule has 3 N–H and O–H groups in total. The Labute approximate surface area is 187 Å². The van der Waals surface area contributed by atoms with Crippen LogP contribution in [0.3, 0.4) is 0 Å². The zero-order valence-corrected chi connectivity index (χ0v) is 18.9. The maximum atomic E-state index is 13.6. The zero-order valence-electron chi connectivity index (χ0n) is 18.1. The number of aliphatic hydroxyl groups is 1. The lowest BCUT2D eigenvalue weighted by molar-refractivity contribution is -0.140. The molecule has 3 aliphatic heterocycles. The van der Waals surface area contributed by atoms with Gasteiger partial charge in [0.1, 0.15) is 6.04 Å². The summed E-state index contributed by atoms with van der Waals surface area (Å²) < 4.78 is -0.918. The first kappa shape index (κ1) is 22.1. The SMILES string of the molecule is CNC(=O)[C@H]1[C@H]2C(=O)N(CCCCO)C(C(=O)NCc3ccccc3)C23CC[C@]1(C)S3. The fourth-order valence-electron chi connectivity index (χ4n) is 5.80. The summed E-state index contributed by atoms with van der Waals surface area (Å²) in [5.41, 5.74) is 1.000. The number of unbranched alkanes of at least 4 members (excludes halogenated alkanes) is 1. The van der Waals surface area contributed by atoms with Crippen LogP contribution >= 0.6 is 11.8 Å². The Morgan fingerprint density at radius 3 is 2.61 bits per heavy atom. The smallest absolute Gasteiger partial charge is 0.244 e. The van der Waals surface area contributed by atoms with Crippen molar-refractivity contribution in [2.24, 2.45) is 11.8 Å². The molecule has 2 unspecified atom stereocenters. The van der Waals surface area contributed by atoms with Gasteiger partial charge in [0.2, 0.25) is 17.7 Å². The molecule has 0 aliphatic carbocycles. The highest BCUT2D eigenvalue weighted by atomic mass is 32.2. The first-order valence-electron chi connectivity index (χ1n) is 11.0. The summed E-state index contributed by atoms with van der Waals surface area (Å²) >= 11 is 1.67. The van der Waals surface area contributed by atoms with E-state index in [4.69, 9.17) is 0 Å². The van der Waals surface area contributed by atoms with Gasteiger partial charge in [-0.25, -0.2) is 0 Å². The van der Waals surface area contributed by atoms with Crippen LogP contribution in [0.1, 0.15) is 38.2 Å². The number of amides is 3. The van der Waals surface area contributed by atoms with Crippen molar-refractivity contribution in [3.63, 3.8) is 0 Å². The molecule has 1 spiro atoms. The molecular formula is C23H31N3O4S. The molecule has 1 aromatic carbocycles. The Bertz CT molecular complexity index is 866. The number of benzene rings is 1. The molecule has 3 aliphatic rings. The maximum absolute atomic E-state index is 13.6. The van der Waals surface area contributed by atoms with Gasteiger partial charge in [-0.05, 0) is 38.2 Å². The molecule has 31 heavy (non-hydrogen) atoms. The second kappa shape index (κ2) is 8.47. The second-order valence-electron chi connectivity index (χ2n) is 9.01. The molecule has 2 bridgehead atoms. The number of likely N-dealkylation sites (tertiary alicyclic amines) is 1. The number of fused-ring (bicyclic) bond motifs is 1. The Hall–Kier alpha value is -2.06. The molecule has 7 nitrogen and oxygen atoms in total. The van der Waals surface area contributed by atoms with Gasteiger partial charge in [-0.15, -0.1) is 11.8 Å². The minimum absolute atomic E-state index is 0.0508. The highest BCUT2D eigenvalue weighted by molar-refractivity contribution is 8.02. The normalized spacial score (nSPS) is 33.5. The predicted molar refractivity (Wildman–Crippen MR) is 119 cm³/mol. The van der Waals surface area contributed by atoms with E-state index in [1.54, 1.807) is 23.7 Å². The van der Waals surface area contributed by atoms with Crippen LogP contribution in [0.25, 0.3) is 0 Å². The molecule has 8 heteroatoms. The molecule has 3 saturated heterocycles. The van der Waals surface area contributed by atoms with E-state index in [-0.39, 0.29) is 29.1 Å². The van der Waals surface area contributed by atoms with Gasteiger partial charge in [0, 0.05) is 31.5 Å². The zero-order chi connectivity index (χ0) is 22.2. The third-order valence-corrected chi connectivity index (χ3v) is 9.16. The molecular weight excluding hydrogens is 414 g/mol. The summed E-state index contributed by atoms with van der Waals surface area (Å²) in [6, 6.07) is 9.10. The third-order valence-electron chi connectivity index (χ3n) is 7.17. The largest absolute Gasteiger partial charge is 0.396 e. The molecule has 4 rings (SSSR count). The number of thioether (sulfide) groups is 1. The first-order chi connectivity index (χ1) is 14.9. The van der Waals surface area contributed by atoms with Crippen molar-refractivity contribution < 1.29 is 19.5 Å². The monoisotopic (exact) mass is 445 g/mol. The van der Waals surface area contributed by atoms with Crippen molar-refractivity contribution in [2.75, 3.05) is 20.2 Å². The van der Waals surface area contributed by atoms with Crippen LogP contribution in [0.2, 0.25) is 0 Å². The maximum Gasteiger partial charge on any atom is 0.244 e. The Balaban J connectivity index is 1.64. The third kappa shape index (κ3) is 3.53. The number of nitrogens with one attached hydrogen (secondary N) is 2.